The monoisotopic (exact) mass is 408 g/mol. The number of fused-ring (bicyclic) bond motifs is 1. The van der Waals surface area contributed by atoms with Crippen LogP contribution in [0.1, 0.15) is 26.7 Å². The second kappa shape index (κ2) is 9.02. The van der Waals surface area contributed by atoms with Crippen LogP contribution in [0.2, 0.25) is 0 Å². The second-order valence-electron chi connectivity index (χ2n) is 7.84. The Labute approximate surface area is 176 Å². The molecule has 0 bridgehead atoms. The lowest BCUT2D eigenvalue weighted by Gasteiger charge is -2.34. The van der Waals surface area contributed by atoms with Gasteiger partial charge in [-0.3, -0.25) is 4.79 Å². The molecular formula is C22H28N6O2. The van der Waals surface area contributed by atoms with E-state index in [1.807, 2.05) is 50.4 Å². The number of anilines is 2. The molecular weight excluding hydrogens is 380 g/mol. The van der Waals surface area contributed by atoms with Crippen molar-refractivity contribution in [3.63, 3.8) is 0 Å². The molecule has 3 heterocycles. The summed E-state index contributed by atoms with van der Waals surface area (Å²) in [6.07, 6.45) is 5.53. The summed E-state index contributed by atoms with van der Waals surface area (Å²) < 4.78 is 5.70. The Morgan fingerprint density at radius 2 is 2.23 bits per heavy atom. The first-order chi connectivity index (χ1) is 14.6. The molecule has 3 aromatic rings. The zero-order chi connectivity index (χ0) is 20.9. The van der Waals surface area contributed by atoms with E-state index in [0.29, 0.717) is 0 Å². The van der Waals surface area contributed by atoms with Gasteiger partial charge >= 0.3 is 0 Å². The molecule has 8 nitrogen and oxygen atoms in total. The molecule has 0 aliphatic carbocycles. The fourth-order valence-corrected chi connectivity index (χ4v) is 3.81. The Morgan fingerprint density at radius 1 is 1.33 bits per heavy atom. The lowest BCUT2D eigenvalue weighted by molar-refractivity contribution is -0.120. The number of nitrogens with one attached hydrogen (secondary N) is 3. The van der Waals surface area contributed by atoms with Crippen LogP contribution in [0, 0.1) is 0 Å². The minimum Gasteiger partial charge on any atom is -0.491 e. The minimum atomic E-state index is -0.0218. The van der Waals surface area contributed by atoms with Gasteiger partial charge in [0, 0.05) is 37.1 Å². The van der Waals surface area contributed by atoms with Gasteiger partial charge in [0.15, 0.2) is 0 Å². The van der Waals surface area contributed by atoms with Gasteiger partial charge in [-0.2, -0.15) is 0 Å². The summed E-state index contributed by atoms with van der Waals surface area (Å²) in [5.74, 6) is 1.69. The fraction of sp³-hybridized carbons (Fsp3) is 0.409. The van der Waals surface area contributed by atoms with E-state index in [4.69, 9.17) is 4.74 Å². The maximum atomic E-state index is 12.5. The number of amides is 1. The number of aromatic amines is 1. The van der Waals surface area contributed by atoms with Crippen LogP contribution in [0.25, 0.3) is 11.0 Å². The van der Waals surface area contributed by atoms with E-state index >= 15 is 0 Å². The van der Waals surface area contributed by atoms with Crippen molar-refractivity contribution in [3.05, 3.63) is 42.9 Å². The summed E-state index contributed by atoms with van der Waals surface area (Å²) in [4.78, 5) is 26.6. The molecule has 8 heteroatoms. The van der Waals surface area contributed by atoms with Gasteiger partial charge in [-0.25, -0.2) is 9.97 Å². The van der Waals surface area contributed by atoms with Crippen LogP contribution in [0.4, 0.5) is 11.5 Å². The molecule has 158 valence electrons. The number of carbonyl (C=O) groups excluding carboxylic acids is 1. The fourth-order valence-electron chi connectivity index (χ4n) is 3.81. The predicted molar refractivity (Wildman–Crippen MR) is 118 cm³/mol. The highest BCUT2D eigenvalue weighted by molar-refractivity contribution is 5.87. The number of piperidine rings is 1. The molecule has 1 unspecified atom stereocenters. The van der Waals surface area contributed by atoms with Gasteiger partial charge in [-0.15, -0.1) is 0 Å². The van der Waals surface area contributed by atoms with Gasteiger partial charge in [0.25, 0.3) is 0 Å². The third-order valence-electron chi connectivity index (χ3n) is 5.08. The van der Waals surface area contributed by atoms with Gasteiger partial charge in [-0.05, 0) is 44.9 Å². The maximum Gasteiger partial charge on any atom is 0.239 e. The summed E-state index contributed by atoms with van der Waals surface area (Å²) in [5.41, 5.74) is 1.70. The maximum absolute atomic E-state index is 12.5. The molecule has 0 spiro atoms. The van der Waals surface area contributed by atoms with Crippen molar-refractivity contribution in [2.24, 2.45) is 0 Å². The smallest absolute Gasteiger partial charge is 0.239 e. The molecule has 2 aromatic heterocycles. The summed E-state index contributed by atoms with van der Waals surface area (Å²) in [5, 5.41) is 7.34. The van der Waals surface area contributed by atoms with Gasteiger partial charge in [0.2, 0.25) is 5.91 Å². The lowest BCUT2D eigenvalue weighted by Crippen LogP contribution is -2.49. The summed E-state index contributed by atoms with van der Waals surface area (Å²) >= 11 is 0. The Morgan fingerprint density at radius 3 is 3.10 bits per heavy atom. The number of carbonyl (C=O) groups is 1. The van der Waals surface area contributed by atoms with E-state index in [2.05, 4.69) is 30.5 Å². The van der Waals surface area contributed by atoms with E-state index < -0.39 is 0 Å². The quantitative estimate of drug-likeness (QED) is 0.556. The Hall–Kier alpha value is -3.29. The number of rotatable bonds is 7. The highest BCUT2D eigenvalue weighted by atomic mass is 16.5. The molecule has 0 saturated carbocycles. The van der Waals surface area contributed by atoms with E-state index in [9.17, 15) is 4.79 Å². The van der Waals surface area contributed by atoms with E-state index in [0.717, 1.165) is 54.2 Å². The summed E-state index contributed by atoms with van der Waals surface area (Å²) in [6, 6.07) is 9.75. The van der Waals surface area contributed by atoms with Crippen LogP contribution in [-0.4, -0.2) is 52.6 Å². The molecule has 1 atom stereocenters. The average Bonchev–Trinajstić information content (AvgIpc) is 3.21. The first-order valence-electron chi connectivity index (χ1n) is 10.4. The number of aromatic nitrogens is 3. The van der Waals surface area contributed by atoms with Crippen molar-refractivity contribution in [2.75, 3.05) is 29.9 Å². The van der Waals surface area contributed by atoms with E-state index in [1.165, 1.54) is 0 Å². The van der Waals surface area contributed by atoms with Crippen LogP contribution >= 0.6 is 0 Å². The van der Waals surface area contributed by atoms with Crippen LogP contribution in [0.15, 0.2) is 42.9 Å². The summed E-state index contributed by atoms with van der Waals surface area (Å²) in [6.45, 7) is 5.86. The zero-order valence-electron chi connectivity index (χ0n) is 17.4. The molecule has 1 aliphatic heterocycles. The molecule has 1 fully saturated rings. The first kappa shape index (κ1) is 20.0. The number of hydrogen-bond acceptors (Lipinski definition) is 6. The molecule has 30 heavy (non-hydrogen) atoms. The number of ether oxygens (including phenoxy) is 1. The number of H-pyrrole nitrogens is 1. The molecule has 0 radical (unpaired) electrons. The average molecular weight is 409 g/mol. The zero-order valence-corrected chi connectivity index (χ0v) is 17.4. The Bertz CT molecular complexity index is 1000. The second-order valence-corrected chi connectivity index (χ2v) is 7.84. The van der Waals surface area contributed by atoms with Crippen LogP contribution in [-0.2, 0) is 4.79 Å². The third kappa shape index (κ3) is 4.82. The lowest BCUT2D eigenvalue weighted by atomic mass is 10.1. The van der Waals surface area contributed by atoms with Gasteiger partial charge in [-0.1, -0.05) is 6.07 Å². The summed E-state index contributed by atoms with van der Waals surface area (Å²) in [7, 11) is 0. The highest BCUT2D eigenvalue weighted by Crippen LogP contribution is 2.25. The minimum absolute atomic E-state index is 0.0218. The van der Waals surface area contributed by atoms with Crippen molar-refractivity contribution in [2.45, 2.75) is 38.8 Å². The topological polar surface area (TPSA) is 95.2 Å². The van der Waals surface area contributed by atoms with Crippen molar-refractivity contribution in [3.8, 4) is 5.75 Å². The van der Waals surface area contributed by atoms with Crippen molar-refractivity contribution in [1.82, 2.24) is 20.3 Å². The molecule has 4 rings (SSSR count). The Balaban J connectivity index is 1.32. The van der Waals surface area contributed by atoms with Crippen LogP contribution in [0.3, 0.4) is 0 Å². The highest BCUT2D eigenvalue weighted by Gasteiger charge is 2.23. The van der Waals surface area contributed by atoms with Crippen molar-refractivity contribution < 1.29 is 9.53 Å². The SMILES string of the molecule is CC(C)Oc1cccc(NCC(=O)NC2CCCN(c3ncnc4[nH]ccc34)C2)c1. The molecule has 1 amide bonds. The Kier molecular flexibility index (Phi) is 6.02. The largest absolute Gasteiger partial charge is 0.491 e. The van der Waals surface area contributed by atoms with E-state index in [1.54, 1.807) is 6.33 Å². The van der Waals surface area contributed by atoms with Crippen LogP contribution in [0.5, 0.6) is 5.75 Å². The predicted octanol–water partition coefficient (Wildman–Crippen LogP) is 2.94. The molecule has 3 N–H and O–H groups in total. The third-order valence-corrected chi connectivity index (χ3v) is 5.08. The first-order valence-corrected chi connectivity index (χ1v) is 10.4. The van der Waals surface area contributed by atoms with Gasteiger partial charge in [0.05, 0.1) is 18.0 Å². The van der Waals surface area contributed by atoms with Gasteiger partial charge < -0.3 is 25.3 Å². The van der Waals surface area contributed by atoms with Crippen molar-refractivity contribution in [1.29, 1.82) is 0 Å². The standard InChI is InChI=1S/C22H28N6O2/c1-15(2)30-18-7-3-5-16(11-18)24-12-20(29)27-17-6-4-10-28(13-17)22-19-8-9-23-21(19)25-14-26-22/h3,5,7-9,11,14-15,17,24H,4,6,10,12-13H2,1-2H3,(H,27,29)(H,23,25,26). The van der Waals surface area contributed by atoms with E-state index in [-0.39, 0.29) is 24.6 Å². The van der Waals surface area contributed by atoms with Gasteiger partial charge in [0.1, 0.15) is 23.5 Å². The molecule has 1 saturated heterocycles. The van der Waals surface area contributed by atoms with Crippen LogP contribution < -0.4 is 20.3 Å². The molecule has 1 aliphatic rings. The number of benzene rings is 1. The number of nitrogens with zero attached hydrogens (tertiary/aromatic N) is 3. The normalized spacial score (nSPS) is 16.6. The number of hydrogen-bond donors (Lipinski definition) is 3. The molecule has 1 aromatic carbocycles. The van der Waals surface area contributed by atoms with Crippen molar-refractivity contribution >= 4 is 28.4 Å².